The number of benzene rings is 1. The average Bonchev–Trinajstić information content (AvgIpc) is 3.19. The lowest BCUT2D eigenvalue weighted by Crippen LogP contribution is -2.50. The van der Waals surface area contributed by atoms with Gasteiger partial charge in [0.15, 0.2) is 8.29 Å². The number of aromatic amines is 1. The molecule has 1 aromatic heterocycles. The monoisotopic (exact) mass is 532 g/mol. The van der Waals surface area contributed by atoms with Crippen LogP contribution >= 0.6 is 93.2 Å². The molecular formula is C16H6Cl6N2O2S2. The van der Waals surface area contributed by atoms with Crippen LogP contribution < -0.4 is 4.90 Å². The van der Waals surface area contributed by atoms with E-state index < -0.39 is 37.7 Å². The number of halogens is 6. The van der Waals surface area contributed by atoms with Crippen LogP contribution in [0.5, 0.6) is 0 Å². The lowest BCUT2D eigenvalue weighted by atomic mass is 9.84. The van der Waals surface area contributed by atoms with E-state index in [-0.39, 0.29) is 10.1 Å². The van der Waals surface area contributed by atoms with E-state index in [9.17, 15) is 9.59 Å². The van der Waals surface area contributed by atoms with Crippen LogP contribution in [-0.2, 0) is 9.59 Å². The third-order valence-electron chi connectivity index (χ3n) is 5.57. The average molecular weight is 535 g/mol. The fourth-order valence-corrected chi connectivity index (χ4v) is 8.35. The number of imide groups is 1. The van der Waals surface area contributed by atoms with Gasteiger partial charge in [-0.05, 0) is 30.4 Å². The first kappa shape index (κ1) is 19.9. The SMILES string of the molecule is O=C1[C@@H]2[C@H](C(=O)N1c1ccc3sc(=S)[nH]c3c1)[C@@]1(Cl)C(Cl)=C(Cl)[C@@]2(Cl)C1(Cl)Cl. The van der Waals surface area contributed by atoms with E-state index in [0.717, 1.165) is 9.60 Å². The highest BCUT2D eigenvalue weighted by atomic mass is 35.5. The van der Waals surface area contributed by atoms with Crippen LogP contribution in [0.4, 0.5) is 5.69 Å². The smallest absolute Gasteiger partial charge is 0.240 e. The number of hydrogen-bond donors (Lipinski definition) is 1. The maximum absolute atomic E-state index is 13.3. The fourth-order valence-electron chi connectivity index (χ4n) is 4.33. The molecule has 2 aliphatic carbocycles. The predicted octanol–water partition coefficient (Wildman–Crippen LogP) is 5.91. The molecule has 4 nitrogen and oxygen atoms in total. The molecule has 5 rings (SSSR count). The van der Waals surface area contributed by atoms with Crippen LogP contribution in [0.1, 0.15) is 0 Å². The third kappa shape index (κ3) is 1.95. The van der Waals surface area contributed by atoms with Gasteiger partial charge in [-0.3, -0.25) is 9.59 Å². The van der Waals surface area contributed by atoms with Crippen molar-refractivity contribution < 1.29 is 9.59 Å². The minimum absolute atomic E-state index is 0.113. The Morgan fingerprint density at radius 2 is 1.54 bits per heavy atom. The minimum Gasteiger partial charge on any atom is -0.337 e. The van der Waals surface area contributed by atoms with Gasteiger partial charge in [0, 0.05) is 0 Å². The quantitative estimate of drug-likeness (QED) is 0.281. The molecule has 12 heteroatoms. The second kappa shape index (κ2) is 5.80. The maximum atomic E-state index is 13.3. The lowest BCUT2D eigenvalue weighted by molar-refractivity contribution is -0.123. The summed E-state index contributed by atoms with van der Waals surface area (Å²) in [4.78, 5) is 27.0. The van der Waals surface area contributed by atoms with Gasteiger partial charge in [-0.2, -0.15) is 0 Å². The van der Waals surface area contributed by atoms with Gasteiger partial charge in [0.05, 0.1) is 37.8 Å². The van der Waals surface area contributed by atoms with Crippen molar-refractivity contribution in [2.75, 3.05) is 4.90 Å². The molecule has 3 aliphatic rings. The summed E-state index contributed by atoms with van der Waals surface area (Å²) in [6.45, 7) is 0. The maximum Gasteiger partial charge on any atom is 0.240 e. The van der Waals surface area contributed by atoms with Crippen LogP contribution in [0.15, 0.2) is 28.3 Å². The minimum atomic E-state index is -1.94. The normalized spacial score (nSPS) is 36.1. The Kier molecular flexibility index (Phi) is 4.12. The van der Waals surface area contributed by atoms with E-state index in [4.69, 9.17) is 81.8 Å². The molecule has 2 bridgehead atoms. The molecule has 2 aromatic rings. The lowest BCUT2D eigenvalue weighted by Gasteiger charge is -2.34. The number of anilines is 1. The molecule has 1 saturated carbocycles. The van der Waals surface area contributed by atoms with E-state index in [0.29, 0.717) is 15.2 Å². The number of aromatic nitrogens is 1. The molecule has 1 saturated heterocycles. The zero-order valence-electron chi connectivity index (χ0n) is 13.2. The summed E-state index contributed by atoms with van der Waals surface area (Å²) in [5.41, 5.74) is 1.05. The van der Waals surface area contributed by atoms with Crippen LogP contribution in [0.25, 0.3) is 10.2 Å². The molecule has 1 aromatic carbocycles. The van der Waals surface area contributed by atoms with Crippen LogP contribution in [0, 0.1) is 15.8 Å². The first-order valence-electron chi connectivity index (χ1n) is 7.80. The summed E-state index contributed by atoms with van der Waals surface area (Å²) in [6.07, 6.45) is 0. The topological polar surface area (TPSA) is 53.2 Å². The zero-order chi connectivity index (χ0) is 20.4. The van der Waals surface area contributed by atoms with Crippen molar-refractivity contribution in [3.05, 3.63) is 32.2 Å². The van der Waals surface area contributed by atoms with Gasteiger partial charge < -0.3 is 4.98 Å². The molecule has 2 fully saturated rings. The third-order valence-corrected chi connectivity index (χ3v) is 11.0. The summed E-state index contributed by atoms with van der Waals surface area (Å²) >= 11 is 45.4. The second-order valence-corrected chi connectivity index (χ2v) is 11.8. The molecule has 1 N–H and O–H groups in total. The highest BCUT2D eigenvalue weighted by molar-refractivity contribution is 7.73. The van der Waals surface area contributed by atoms with E-state index in [1.165, 1.54) is 11.3 Å². The number of alkyl halides is 4. The fraction of sp³-hybridized carbons (Fsp3) is 0.312. The number of rotatable bonds is 1. The summed E-state index contributed by atoms with van der Waals surface area (Å²) < 4.78 is -0.465. The Balaban J connectivity index is 1.69. The Morgan fingerprint density at radius 3 is 2.07 bits per heavy atom. The molecule has 146 valence electrons. The number of carbonyl (C=O) groups excluding carboxylic acids is 2. The van der Waals surface area contributed by atoms with E-state index >= 15 is 0 Å². The zero-order valence-corrected chi connectivity index (χ0v) is 19.4. The van der Waals surface area contributed by atoms with Gasteiger partial charge in [0.1, 0.15) is 9.75 Å². The Hall–Kier alpha value is -0.0500. The van der Waals surface area contributed by atoms with Crippen molar-refractivity contribution in [1.82, 2.24) is 4.98 Å². The van der Waals surface area contributed by atoms with Crippen molar-refractivity contribution in [3.8, 4) is 0 Å². The summed E-state index contributed by atoms with van der Waals surface area (Å²) in [6, 6.07) is 5.07. The summed E-state index contributed by atoms with van der Waals surface area (Å²) in [5.74, 6) is -3.48. The van der Waals surface area contributed by atoms with E-state index in [1.807, 2.05) is 0 Å². The number of fused-ring (bicyclic) bond motifs is 6. The molecular weight excluding hydrogens is 529 g/mol. The van der Waals surface area contributed by atoms with Gasteiger partial charge in [0.2, 0.25) is 11.8 Å². The molecule has 2 heterocycles. The Morgan fingerprint density at radius 1 is 1.00 bits per heavy atom. The first-order chi connectivity index (χ1) is 13.0. The largest absolute Gasteiger partial charge is 0.337 e. The van der Waals surface area contributed by atoms with Gasteiger partial charge in [-0.15, -0.1) is 34.5 Å². The molecule has 0 unspecified atom stereocenters. The number of carbonyl (C=O) groups is 2. The number of amides is 2. The second-order valence-electron chi connectivity index (χ2n) is 6.79. The number of thiazole rings is 1. The van der Waals surface area contributed by atoms with Crippen molar-refractivity contribution in [1.29, 1.82) is 0 Å². The standard InChI is InChI=1S/C16H6Cl6N2O2S2/c17-9-10(18)15(20)8-7(14(9,19)16(15,21)22)11(25)24(12(8)26)4-1-2-6-5(3-4)23-13(27)28-6/h1-3,7-8H,(H,23,27)/t7-,8+,14-,15-/m1/s1. The number of nitrogens with zero attached hydrogens (tertiary/aromatic N) is 1. The molecule has 0 radical (unpaired) electrons. The van der Waals surface area contributed by atoms with Gasteiger partial charge in [-0.1, -0.05) is 46.4 Å². The van der Waals surface area contributed by atoms with E-state index in [1.54, 1.807) is 18.2 Å². The van der Waals surface area contributed by atoms with E-state index in [2.05, 4.69) is 4.98 Å². The predicted molar refractivity (Wildman–Crippen MR) is 117 cm³/mol. The molecule has 1 aliphatic heterocycles. The van der Waals surface area contributed by atoms with Crippen LogP contribution in [0.2, 0.25) is 0 Å². The van der Waals surface area contributed by atoms with Crippen molar-refractivity contribution in [3.63, 3.8) is 0 Å². The molecule has 2 amide bonds. The first-order valence-corrected chi connectivity index (χ1v) is 11.3. The molecule has 4 atom stereocenters. The number of nitrogens with one attached hydrogen (secondary N) is 1. The van der Waals surface area contributed by atoms with Crippen molar-refractivity contribution in [2.24, 2.45) is 11.8 Å². The van der Waals surface area contributed by atoms with Crippen LogP contribution in [0.3, 0.4) is 0 Å². The van der Waals surface area contributed by atoms with Gasteiger partial charge in [-0.25, -0.2) is 4.90 Å². The highest BCUT2D eigenvalue weighted by Crippen LogP contribution is 2.77. The Bertz CT molecular complexity index is 1160. The Labute approximate surface area is 197 Å². The number of allylic oxidation sites excluding steroid dienone is 2. The van der Waals surface area contributed by atoms with Crippen molar-refractivity contribution in [2.45, 2.75) is 14.1 Å². The molecule has 0 spiro atoms. The number of hydrogen-bond acceptors (Lipinski definition) is 4. The van der Waals surface area contributed by atoms with Gasteiger partial charge in [0.25, 0.3) is 0 Å². The highest BCUT2D eigenvalue weighted by Gasteiger charge is 2.87. The molecule has 28 heavy (non-hydrogen) atoms. The summed E-state index contributed by atoms with van der Waals surface area (Å²) in [5, 5.41) is -0.227. The van der Waals surface area contributed by atoms with Crippen molar-refractivity contribution >= 4 is 121 Å². The van der Waals surface area contributed by atoms with Gasteiger partial charge >= 0.3 is 0 Å². The van der Waals surface area contributed by atoms with Crippen LogP contribution in [-0.4, -0.2) is 30.9 Å². The number of H-pyrrole nitrogens is 1. The summed E-state index contributed by atoms with van der Waals surface area (Å²) in [7, 11) is 0.